The molecule has 0 aliphatic carbocycles. The van der Waals surface area contributed by atoms with Gasteiger partial charge in [-0.15, -0.1) is 0 Å². The van der Waals surface area contributed by atoms with Crippen LogP contribution in [0.2, 0.25) is 0 Å². The molecular weight excluding hydrogens is 360 g/mol. The molecule has 2 N–H and O–H groups in total. The largest absolute Gasteiger partial charge is 0.505 e. The Balaban J connectivity index is 1.85. The van der Waals surface area contributed by atoms with E-state index in [1.807, 2.05) is 25.1 Å². The molecule has 0 saturated carbocycles. The van der Waals surface area contributed by atoms with Crippen molar-refractivity contribution < 1.29 is 13.9 Å². The minimum absolute atomic E-state index is 0.0209. The van der Waals surface area contributed by atoms with E-state index in [-0.39, 0.29) is 5.75 Å². The first-order valence-electron chi connectivity index (χ1n) is 8.73. The molecule has 0 spiro atoms. The van der Waals surface area contributed by atoms with E-state index in [9.17, 15) is 13.9 Å². The average Bonchev–Trinajstić information content (AvgIpc) is 2.71. The number of aromatic nitrogens is 2. The second kappa shape index (κ2) is 7.23. The Bertz CT molecular complexity index is 1150. The highest BCUT2D eigenvalue weighted by Crippen LogP contribution is 2.36. The van der Waals surface area contributed by atoms with Crippen LogP contribution in [0.4, 0.5) is 14.6 Å². The van der Waals surface area contributed by atoms with Crippen molar-refractivity contribution >= 4 is 16.7 Å². The molecule has 2 aromatic heterocycles. The summed E-state index contributed by atoms with van der Waals surface area (Å²) < 4.78 is 27.4. The molecule has 0 fully saturated rings. The number of nitrogens with one attached hydrogen (secondary N) is 1. The van der Waals surface area contributed by atoms with Crippen LogP contribution in [-0.2, 0) is 0 Å². The number of hydrogen-bond acceptors (Lipinski definition) is 4. The first-order chi connectivity index (χ1) is 13.5. The zero-order valence-corrected chi connectivity index (χ0v) is 15.0. The molecular formula is C22H17F2N3O. The summed E-state index contributed by atoms with van der Waals surface area (Å²) in [5.41, 5.74) is 2.37. The van der Waals surface area contributed by atoms with E-state index in [1.54, 1.807) is 30.6 Å². The zero-order chi connectivity index (χ0) is 19.7. The van der Waals surface area contributed by atoms with Crippen LogP contribution in [0.5, 0.6) is 5.75 Å². The van der Waals surface area contributed by atoms with Crippen LogP contribution < -0.4 is 5.32 Å². The van der Waals surface area contributed by atoms with Gasteiger partial charge < -0.3 is 10.4 Å². The van der Waals surface area contributed by atoms with Crippen molar-refractivity contribution in [3.63, 3.8) is 0 Å². The van der Waals surface area contributed by atoms with Crippen molar-refractivity contribution in [1.82, 2.24) is 9.97 Å². The molecule has 1 atom stereocenters. The Morgan fingerprint density at radius 2 is 1.82 bits per heavy atom. The number of aromatic hydroxyl groups is 1. The number of rotatable bonds is 4. The molecule has 1 unspecified atom stereocenters. The highest BCUT2D eigenvalue weighted by molar-refractivity contribution is 5.86. The molecule has 4 aromatic rings. The Morgan fingerprint density at radius 3 is 2.57 bits per heavy atom. The molecule has 4 rings (SSSR count). The smallest absolute Gasteiger partial charge is 0.159 e. The normalized spacial score (nSPS) is 12.1. The predicted molar refractivity (Wildman–Crippen MR) is 104 cm³/mol. The van der Waals surface area contributed by atoms with E-state index in [0.717, 1.165) is 23.1 Å². The number of benzene rings is 2. The molecule has 0 bridgehead atoms. The van der Waals surface area contributed by atoms with Gasteiger partial charge in [0.05, 0.1) is 6.04 Å². The van der Waals surface area contributed by atoms with E-state index < -0.39 is 17.7 Å². The molecule has 4 nitrogen and oxygen atoms in total. The lowest BCUT2D eigenvalue weighted by atomic mass is 9.96. The molecule has 6 heteroatoms. The van der Waals surface area contributed by atoms with Crippen molar-refractivity contribution in [2.45, 2.75) is 13.0 Å². The summed E-state index contributed by atoms with van der Waals surface area (Å²) in [7, 11) is 0. The fourth-order valence-electron chi connectivity index (χ4n) is 3.11. The fourth-order valence-corrected chi connectivity index (χ4v) is 3.11. The number of hydrogen-bond donors (Lipinski definition) is 2. The van der Waals surface area contributed by atoms with Gasteiger partial charge in [0, 0.05) is 23.3 Å². The number of phenols is 1. The van der Waals surface area contributed by atoms with Crippen LogP contribution in [0.1, 0.15) is 22.7 Å². The third-order valence-corrected chi connectivity index (χ3v) is 4.57. The van der Waals surface area contributed by atoms with E-state index in [4.69, 9.17) is 0 Å². The van der Waals surface area contributed by atoms with Gasteiger partial charge in [0.2, 0.25) is 0 Å². The third kappa shape index (κ3) is 3.36. The lowest BCUT2D eigenvalue weighted by Gasteiger charge is -2.22. The van der Waals surface area contributed by atoms with Gasteiger partial charge in [-0.05, 0) is 42.3 Å². The summed E-state index contributed by atoms with van der Waals surface area (Å²) in [4.78, 5) is 8.57. The van der Waals surface area contributed by atoms with Gasteiger partial charge in [-0.2, -0.15) is 0 Å². The summed E-state index contributed by atoms with van der Waals surface area (Å²) in [5, 5.41) is 14.8. The van der Waals surface area contributed by atoms with E-state index in [1.165, 1.54) is 6.07 Å². The summed E-state index contributed by atoms with van der Waals surface area (Å²) in [5.74, 6) is -1.37. The molecule has 0 amide bonds. The summed E-state index contributed by atoms with van der Waals surface area (Å²) in [6.45, 7) is 1.92. The second-order valence-electron chi connectivity index (χ2n) is 6.55. The van der Waals surface area contributed by atoms with Crippen molar-refractivity contribution in [2.24, 2.45) is 0 Å². The minimum atomic E-state index is -0.959. The van der Waals surface area contributed by atoms with E-state index in [0.29, 0.717) is 22.5 Å². The van der Waals surface area contributed by atoms with Crippen molar-refractivity contribution in [2.75, 3.05) is 5.32 Å². The maximum atomic E-state index is 13.9. The molecule has 28 heavy (non-hydrogen) atoms. The number of anilines is 1. The quantitative estimate of drug-likeness (QED) is 0.518. The van der Waals surface area contributed by atoms with Crippen LogP contribution in [0.3, 0.4) is 0 Å². The van der Waals surface area contributed by atoms with E-state index in [2.05, 4.69) is 15.3 Å². The monoisotopic (exact) mass is 377 g/mol. The summed E-state index contributed by atoms with van der Waals surface area (Å²) >= 11 is 0. The molecule has 2 aromatic carbocycles. The van der Waals surface area contributed by atoms with Crippen molar-refractivity contribution in [1.29, 1.82) is 0 Å². The highest BCUT2D eigenvalue weighted by Gasteiger charge is 2.21. The van der Waals surface area contributed by atoms with E-state index >= 15 is 0 Å². The van der Waals surface area contributed by atoms with Crippen LogP contribution in [-0.4, -0.2) is 15.1 Å². The standard InChI is InChI=1S/C22H17F2N3O/c1-13-4-9-19(26-12-13)27-20(15-6-8-17(23)18(24)11-15)16-7-5-14-3-2-10-25-21(14)22(16)28/h2-12,20,28H,1H3,(H,26,27). The van der Waals surface area contributed by atoms with Gasteiger partial charge in [0.25, 0.3) is 0 Å². The lowest BCUT2D eigenvalue weighted by molar-refractivity contribution is 0.471. The minimum Gasteiger partial charge on any atom is -0.505 e. The molecule has 0 aliphatic rings. The number of pyridine rings is 2. The topological polar surface area (TPSA) is 58.0 Å². The number of phenolic OH excluding ortho intramolecular Hbond substituents is 1. The first kappa shape index (κ1) is 17.9. The Kier molecular flexibility index (Phi) is 4.61. The SMILES string of the molecule is Cc1ccc(NC(c2ccc(F)c(F)c2)c2ccc3cccnc3c2O)nc1. The highest BCUT2D eigenvalue weighted by atomic mass is 19.2. The number of halogens is 2. The van der Waals surface area contributed by atoms with Crippen molar-refractivity contribution in [3.8, 4) is 5.75 Å². The second-order valence-corrected chi connectivity index (χ2v) is 6.55. The lowest BCUT2D eigenvalue weighted by Crippen LogP contribution is -2.14. The summed E-state index contributed by atoms with van der Waals surface area (Å²) in [6.07, 6.45) is 3.29. The Morgan fingerprint density at radius 1 is 0.964 bits per heavy atom. The third-order valence-electron chi connectivity index (χ3n) is 4.57. The van der Waals surface area contributed by atoms with Crippen LogP contribution >= 0.6 is 0 Å². The molecule has 140 valence electrons. The summed E-state index contributed by atoms with van der Waals surface area (Å²) in [6, 6.07) is 13.9. The number of nitrogens with zero attached hydrogens (tertiary/aromatic N) is 2. The Labute approximate surface area is 160 Å². The fraction of sp³-hybridized carbons (Fsp3) is 0.0909. The first-order valence-corrected chi connectivity index (χ1v) is 8.73. The average molecular weight is 377 g/mol. The maximum Gasteiger partial charge on any atom is 0.159 e. The van der Waals surface area contributed by atoms with Crippen LogP contribution in [0.15, 0.2) is 67.0 Å². The van der Waals surface area contributed by atoms with Crippen molar-refractivity contribution in [3.05, 3.63) is 95.3 Å². The number of fused-ring (bicyclic) bond motifs is 1. The molecule has 2 heterocycles. The van der Waals surface area contributed by atoms with Gasteiger partial charge in [-0.1, -0.05) is 30.3 Å². The van der Waals surface area contributed by atoms with Gasteiger partial charge in [-0.3, -0.25) is 4.98 Å². The predicted octanol–water partition coefficient (Wildman–Crippen LogP) is 5.12. The molecule has 0 radical (unpaired) electrons. The molecule has 0 aliphatic heterocycles. The molecule has 0 saturated heterocycles. The van der Waals surface area contributed by atoms with Gasteiger partial charge in [-0.25, -0.2) is 13.8 Å². The van der Waals surface area contributed by atoms with Gasteiger partial charge >= 0.3 is 0 Å². The Hall–Kier alpha value is -3.54. The van der Waals surface area contributed by atoms with Crippen LogP contribution in [0.25, 0.3) is 10.9 Å². The number of aryl methyl sites for hydroxylation is 1. The zero-order valence-electron chi connectivity index (χ0n) is 15.0. The van der Waals surface area contributed by atoms with Crippen LogP contribution in [0, 0.1) is 18.6 Å². The van der Waals surface area contributed by atoms with Gasteiger partial charge in [0.1, 0.15) is 17.1 Å². The maximum absolute atomic E-state index is 13.9. The van der Waals surface area contributed by atoms with Gasteiger partial charge in [0.15, 0.2) is 11.6 Å².